The zero-order valence-corrected chi connectivity index (χ0v) is 16.7. The lowest BCUT2D eigenvalue weighted by molar-refractivity contribution is 0.0994. The molecule has 0 spiro atoms. The number of carbonyl (C=O) groups excluding carboxylic acids is 1. The van der Waals surface area contributed by atoms with Gasteiger partial charge in [-0.2, -0.15) is 4.99 Å². The maximum atomic E-state index is 12.9. The highest BCUT2D eigenvalue weighted by Crippen LogP contribution is 2.35. The summed E-state index contributed by atoms with van der Waals surface area (Å²) in [7, 11) is 3.07. The fraction of sp³-hybridized carbons (Fsp3) is 0.300. The number of carbonyl (C=O) groups is 1. The van der Waals surface area contributed by atoms with E-state index < -0.39 is 0 Å². The average Bonchev–Trinajstić information content (AvgIpc) is 3.06. The molecule has 1 aliphatic rings. The Kier molecular flexibility index (Phi) is 4.95. The van der Waals surface area contributed by atoms with Gasteiger partial charge in [0.2, 0.25) is 0 Å². The van der Waals surface area contributed by atoms with E-state index in [1.807, 2.05) is 23.6 Å². The van der Waals surface area contributed by atoms with Crippen LogP contribution < -0.4 is 23.7 Å². The molecule has 0 fully saturated rings. The van der Waals surface area contributed by atoms with E-state index in [2.05, 4.69) is 4.99 Å². The molecule has 0 saturated carbocycles. The van der Waals surface area contributed by atoms with Crippen molar-refractivity contribution >= 4 is 27.5 Å². The first-order chi connectivity index (χ1) is 13.6. The first kappa shape index (κ1) is 18.4. The van der Waals surface area contributed by atoms with Crippen molar-refractivity contribution in [2.75, 3.05) is 27.4 Å². The molecule has 2 aromatic carbocycles. The van der Waals surface area contributed by atoms with Gasteiger partial charge in [0.1, 0.15) is 24.7 Å². The number of rotatable bonds is 4. The fourth-order valence-electron chi connectivity index (χ4n) is 3.13. The van der Waals surface area contributed by atoms with Crippen molar-refractivity contribution in [3.63, 3.8) is 0 Å². The van der Waals surface area contributed by atoms with Gasteiger partial charge in [0.05, 0.1) is 30.0 Å². The van der Waals surface area contributed by atoms with Crippen LogP contribution in [0, 0.1) is 0 Å². The summed E-state index contributed by atoms with van der Waals surface area (Å²) in [5.41, 5.74) is 1.31. The molecule has 0 bridgehead atoms. The Morgan fingerprint density at radius 3 is 2.57 bits per heavy atom. The summed E-state index contributed by atoms with van der Waals surface area (Å²) in [5, 5.41) is 0. The van der Waals surface area contributed by atoms with E-state index in [1.165, 1.54) is 18.4 Å². The summed E-state index contributed by atoms with van der Waals surface area (Å²) in [4.78, 5) is 17.9. The number of hydrogen-bond donors (Lipinski definition) is 0. The van der Waals surface area contributed by atoms with Crippen molar-refractivity contribution in [3.05, 3.63) is 40.7 Å². The Morgan fingerprint density at radius 2 is 1.89 bits per heavy atom. The van der Waals surface area contributed by atoms with Crippen LogP contribution in [-0.2, 0) is 6.54 Å². The van der Waals surface area contributed by atoms with Crippen LogP contribution in [0.4, 0.5) is 0 Å². The Hall–Kier alpha value is -3.00. The number of thiazole rings is 1. The molecule has 2 heterocycles. The first-order valence-corrected chi connectivity index (χ1v) is 9.70. The Balaban J connectivity index is 1.84. The molecule has 1 aromatic heterocycles. The lowest BCUT2D eigenvalue weighted by Gasteiger charge is -2.18. The standard InChI is InChI=1S/C20H20N2O5S/c1-4-22-14-10-16-17(27-8-7-26-16)11-18(14)28-20(22)21-19(23)13-9-12(24-2)5-6-15(13)25-3/h5-6,9-11H,4,7-8H2,1-3H3. The van der Waals surface area contributed by atoms with Crippen LogP contribution in [0.15, 0.2) is 35.3 Å². The molecule has 1 amide bonds. The van der Waals surface area contributed by atoms with Crippen molar-refractivity contribution in [3.8, 4) is 23.0 Å². The highest BCUT2D eigenvalue weighted by atomic mass is 32.1. The summed E-state index contributed by atoms with van der Waals surface area (Å²) >= 11 is 1.44. The molecule has 8 heteroatoms. The monoisotopic (exact) mass is 400 g/mol. The van der Waals surface area contributed by atoms with Crippen LogP contribution in [0.2, 0.25) is 0 Å². The molecule has 0 unspecified atom stereocenters. The predicted octanol–water partition coefficient (Wildman–Crippen LogP) is 3.25. The quantitative estimate of drug-likeness (QED) is 0.672. The number of benzene rings is 2. The topological polar surface area (TPSA) is 71.3 Å². The average molecular weight is 400 g/mol. The minimum absolute atomic E-state index is 0.355. The Bertz CT molecular complexity index is 1120. The van der Waals surface area contributed by atoms with Gasteiger partial charge in [-0.1, -0.05) is 11.3 Å². The second kappa shape index (κ2) is 7.55. The van der Waals surface area contributed by atoms with Gasteiger partial charge in [-0.05, 0) is 25.1 Å². The molecular formula is C20H20N2O5S. The largest absolute Gasteiger partial charge is 0.497 e. The van der Waals surface area contributed by atoms with E-state index in [4.69, 9.17) is 18.9 Å². The van der Waals surface area contributed by atoms with Gasteiger partial charge in [-0.25, -0.2) is 0 Å². The molecule has 1 aliphatic heterocycles. The summed E-state index contributed by atoms with van der Waals surface area (Å²) in [6.45, 7) is 3.74. The van der Waals surface area contributed by atoms with Crippen LogP contribution in [-0.4, -0.2) is 37.9 Å². The van der Waals surface area contributed by atoms with Crippen molar-refractivity contribution < 1.29 is 23.7 Å². The van der Waals surface area contributed by atoms with Gasteiger partial charge in [0.15, 0.2) is 16.3 Å². The third-order valence-corrected chi connectivity index (χ3v) is 5.54. The second-order valence-corrected chi connectivity index (χ2v) is 7.08. The number of fused-ring (bicyclic) bond motifs is 2. The third-order valence-electron chi connectivity index (χ3n) is 4.50. The first-order valence-electron chi connectivity index (χ1n) is 8.88. The zero-order chi connectivity index (χ0) is 19.7. The highest BCUT2D eigenvalue weighted by molar-refractivity contribution is 7.16. The van der Waals surface area contributed by atoms with Gasteiger partial charge in [0, 0.05) is 18.7 Å². The smallest absolute Gasteiger partial charge is 0.283 e. The van der Waals surface area contributed by atoms with E-state index in [9.17, 15) is 4.79 Å². The minimum atomic E-state index is -0.387. The van der Waals surface area contributed by atoms with Crippen LogP contribution in [0.5, 0.6) is 23.0 Å². The van der Waals surface area contributed by atoms with E-state index in [0.29, 0.717) is 47.4 Å². The van der Waals surface area contributed by atoms with Crippen molar-refractivity contribution in [1.82, 2.24) is 4.57 Å². The molecular weight excluding hydrogens is 380 g/mol. The SMILES string of the molecule is CCn1c(=NC(=O)c2cc(OC)ccc2OC)sc2cc3c(cc21)OCCO3. The molecule has 7 nitrogen and oxygen atoms in total. The lowest BCUT2D eigenvalue weighted by atomic mass is 10.2. The van der Waals surface area contributed by atoms with Crippen LogP contribution in [0.25, 0.3) is 10.2 Å². The molecule has 146 valence electrons. The summed E-state index contributed by atoms with van der Waals surface area (Å²) in [6.07, 6.45) is 0. The van der Waals surface area contributed by atoms with Crippen molar-refractivity contribution in [2.24, 2.45) is 4.99 Å². The van der Waals surface area contributed by atoms with Crippen molar-refractivity contribution in [1.29, 1.82) is 0 Å². The normalized spacial score (nSPS) is 13.6. The number of methoxy groups -OCH3 is 2. The Morgan fingerprint density at radius 1 is 1.14 bits per heavy atom. The number of ether oxygens (including phenoxy) is 4. The highest BCUT2D eigenvalue weighted by Gasteiger charge is 2.18. The van der Waals surface area contributed by atoms with E-state index in [0.717, 1.165) is 16.0 Å². The maximum Gasteiger partial charge on any atom is 0.283 e. The minimum Gasteiger partial charge on any atom is -0.497 e. The van der Waals surface area contributed by atoms with Gasteiger partial charge >= 0.3 is 0 Å². The molecule has 28 heavy (non-hydrogen) atoms. The van der Waals surface area contributed by atoms with Gasteiger partial charge in [-0.3, -0.25) is 4.79 Å². The lowest BCUT2D eigenvalue weighted by Crippen LogP contribution is -2.17. The van der Waals surface area contributed by atoms with Crippen molar-refractivity contribution in [2.45, 2.75) is 13.5 Å². The van der Waals surface area contributed by atoms with Crippen LogP contribution in [0.1, 0.15) is 17.3 Å². The molecule has 0 aliphatic carbocycles. The van der Waals surface area contributed by atoms with Crippen LogP contribution in [0.3, 0.4) is 0 Å². The number of nitrogens with zero attached hydrogens (tertiary/aromatic N) is 2. The molecule has 0 N–H and O–H groups in total. The van der Waals surface area contributed by atoms with E-state index in [-0.39, 0.29) is 5.91 Å². The number of aromatic nitrogens is 1. The molecule has 0 atom stereocenters. The molecule has 0 radical (unpaired) electrons. The van der Waals surface area contributed by atoms with Gasteiger partial charge < -0.3 is 23.5 Å². The maximum absolute atomic E-state index is 12.9. The van der Waals surface area contributed by atoms with E-state index in [1.54, 1.807) is 25.3 Å². The number of aryl methyl sites for hydroxylation is 1. The summed E-state index contributed by atoms with van der Waals surface area (Å²) in [6, 6.07) is 8.96. The fourth-order valence-corrected chi connectivity index (χ4v) is 4.23. The molecule has 0 saturated heterocycles. The summed E-state index contributed by atoms with van der Waals surface area (Å²) < 4.78 is 24.9. The zero-order valence-electron chi connectivity index (χ0n) is 15.9. The predicted molar refractivity (Wildman–Crippen MR) is 106 cm³/mol. The van der Waals surface area contributed by atoms with Gasteiger partial charge in [0.25, 0.3) is 5.91 Å². The molecule has 3 aromatic rings. The second-order valence-electron chi connectivity index (χ2n) is 6.08. The van der Waals surface area contributed by atoms with E-state index >= 15 is 0 Å². The Labute approximate surface area is 165 Å². The molecule has 4 rings (SSSR count). The van der Waals surface area contributed by atoms with Crippen LogP contribution >= 0.6 is 11.3 Å². The number of hydrogen-bond acceptors (Lipinski definition) is 6. The summed E-state index contributed by atoms with van der Waals surface area (Å²) in [5.74, 6) is 2.07. The third kappa shape index (κ3) is 3.20. The van der Waals surface area contributed by atoms with Gasteiger partial charge in [-0.15, -0.1) is 0 Å². The number of amides is 1.